The van der Waals surface area contributed by atoms with Crippen molar-refractivity contribution in [1.82, 2.24) is 30.2 Å². The van der Waals surface area contributed by atoms with Gasteiger partial charge in [-0.3, -0.25) is 14.9 Å². The van der Waals surface area contributed by atoms with Crippen molar-refractivity contribution < 1.29 is 32.7 Å². The molecule has 1 aliphatic rings. The molecule has 0 aromatic carbocycles. The Kier molecular flexibility index (Phi) is 10.2. The molecule has 0 spiro atoms. The number of aliphatic carboxylic acids is 1. The van der Waals surface area contributed by atoms with E-state index in [2.05, 4.69) is 35.2 Å². The summed E-state index contributed by atoms with van der Waals surface area (Å²) >= 11 is 11.6. The lowest BCUT2D eigenvalue weighted by Gasteiger charge is -2.16. The highest BCUT2D eigenvalue weighted by molar-refractivity contribution is 6.32. The number of hydrogen-bond acceptors (Lipinski definition) is 12. The molecule has 1 aliphatic heterocycles. The molecule has 2 aromatic heterocycles. The Morgan fingerprint density at radius 1 is 0.927 bits per heavy atom. The Hall–Kier alpha value is -4.92. The van der Waals surface area contributed by atoms with Crippen molar-refractivity contribution >= 4 is 76.2 Å². The number of rotatable bonds is 3. The summed E-state index contributed by atoms with van der Waals surface area (Å²) in [6.45, 7) is 0.673. The average molecular weight is 625 g/mol. The fourth-order valence-corrected chi connectivity index (χ4v) is 3.15. The maximum Gasteiger partial charge on any atom is 0.490 e. The monoisotopic (exact) mass is 624 g/mol. The number of aliphatic imine (C=N–C) groups is 2. The highest BCUT2D eigenvalue weighted by Crippen LogP contribution is 2.19. The fraction of sp³-hybridized carbons (Fsp3) is 0.278. The Balaban J connectivity index is 0.000000745. The Morgan fingerprint density at radius 3 is 1.93 bits per heavy atom. The summed E-state index contributed by atoms with van der Waals surface area (Å²) in [4.78, 5) is 58.2. The Bertz CT molecular complexity index is 1420. The molecule has 0 unspecified atom stereocenters. The normalized spacial score (nSPS) is 15.6. The van der Waals surface area contributed by atoms with Crippen molar-refractivity contribution in [3.05, 3.63) is 21.7 Å². The molecule has 222 valence electrons. The van der Waals surface area contributed by atoms with Crippen LogP contribution in [0.1, 0.15) is 27.4 Å². The van der Waals surface area contributed by atoms with Crippen LogP contribution in [0.2, 0.25) is 10.3 Å². The Labute approximate surface area is 237 Å². The van der Waals surface area contributed by atoms with Crippen molar-refractivity contribution in [3.63, 3.8) is 0 Å². The van der Waals surface area contributed by atoms with Gasteiger partial charge in [0, 0.05) is 13.1 Å². The minimum atomic E-state index is -5.08. The molecule has 3 heterocycles. The van der Waals surface area contributed by atoms with E-state index in [1.165, 1.54) is 0 Å². The third kappa shape index (κ3) is 8.79. The van der Waals surface area contributed by atoms with Crippen LogP contribution in [0.4, 0.5) is 36.4 Å². The smallest absolute Gasteiger partial charge is 0.475 e. The number of carbonyl (C=O) groups excluding carboxylic acids is 2. The van der Waals surface area contributed by atoms with Gasteiger partial charge >= 0.3 is 18.1 Å². The fourth-order valence-electron chi connectivity index (χ4n) is 2.90. The van der Waals surface area contributed by atoms with E-state index in [9.17, 15) is 22.8 Å². The van der Waals surface area contributed by atoms with Crippen LogP contribution < -0.4 is 39.7 Å². The van der Waals surface area contributed by atoms with Gasteiger partial charge in [-0.1, -0.05) is 23.2 Å². The summed E-state index contributed by atoms with van der Waals surface area (Å²) in [6, 6.07) is -0.363. The first-order valence-electron chi connectivity index (χ1n) is 10.7. The number of nitrogen functional groups attached to an aromatic ring is 4. The third-order valence-electron chi connectivity index (χ3n) is 4.74. The van der Waals surface area contributed by atoms with E-state index in [4.69, 9.17) is 67.5 Å². The highest BCUT2D eigenvalue weighted by atomic mass is 35.5. The molecule has 23 heteroatoms. The Morgan fingerprint density at radius 2 is 1.41 bits per heavy atom. The van der Waals surface area contributed by atoms with Gasteiger partial charge < -0.3 is 44.4 Å². The van der Waals surface area contributed by atoms with E-state index in [1.54, 1.807) is 4.90 Å². The quantitative estimate of drug-likeness (QED) is 0.147. The molecule has 0 saturated carbocycles. The number of carboxylic acids is 1. The van der Waals surface area contributed by atoms with E-state index in [0.717, 1.165) is 0 Å². The number of likely N-dealkylation sites (tertiary alicyclic amines) is 1. The predicted octanol–water partition coefficient (Wildman–Crippen LogP) is -1.19. The number of guanidine groups is 2. The SMILES string of the molecule is NC(=N[C@H]1CCN(C(N)=NC(=O)c2nc(Cl)c(N)nc2N)C1)NC(=O)c1nc(Cl)c(N)nc1N.O=C(O)C(F)(F)F. The van der Waals surface area contributed by atoms with Crippen molar-refractivity contribution in [1.29, 1.82) is 0 Å². The number of alkyl halides is 3. The van der Waals surface area contributed by atoms with Gasteiger partial charge in [0.1, 0.15) is 0 Å². The number of amides is 2. The van der Waals surface area contributed by atoms with Crippen LogP contribution in [-0.2, 0) is 4.79 Å². The summed E-state index contributed by atoms with van der Waals surface area (Å²) in [6.07, 6.45) is -4.58. The van der Waals surface area contributed by atoms with E-state index in [-0.39, 0.29) is 69.5 Å². The molecule has 1 fully saturated rings. The molecule has 2 amide bonds. The summed E-state index contributed by atoms with van der Waals surface area (Å²) in [5.74, 6) is -5.35. The molecular weight excluding hydrogens is 604 g/mol. The highest BCUT2D eigenvalue weighted by Gasteiger charge is 2.38. The zero-order valence-electron chi connectivity index (χ0n) is 20.4. The molecule has 14 N–H and O–H groups in total. The second kappa shape index (κ2) is 13.0. The molecule has 0 radical (unpaired) electrons. The van der Waals surface area contributed by atoms with Gasteiger partial charge in [-0.25, -0.2) is 29.7 Å². The van der Waals surface area contributed by atoms with Crippen molar-refractivity contribution in [3.8, 4) is 0 Å². The lowest BCUT2D eigenvalue weighted by atomic mass is 10.3. The number of nitrogens with zero attached hydrogens (tertiary/aromatic N) is 7. The van der Waals surface area contributed by atoms with E-state index in [0.29, 0.717) is 13.0 Å². The minimum Gasteiger partial charge on any atom is -0.475 e. The van der Waals surface area contributed by atoms with Gasteiger partial charge in [-0.05, 0) is 6.42 Å². The number of nitrogens with two attached hydrogens (primary N) is 6. The second-order valence-corrected chi connectivity index (χ2v) is 8.42. The lowest BCUT2D eigenvalue weighted by Crippen LogP contribution is -2.40. The first kappa shape index (κ1) is 32.3. The lowest BCUT2D eigenvalue weighted by molar-refractivity contribution is -0.192. The first-order chi connectivity index (χ1) is 18.9. The standard InChI is InChI=1S/C16H20Cl2N14O2.C2HF3O2/c17-7-11(21)28-9(19)5(26-7)13(33)30-15(23)25-4-1-2-32(3-4)16(24)31-14(34)6-10(20)29-12(22)8(18)27-6;3-2(4,5)1(6)7/h4H,1-3H2,(H4,19,21,28)(H4,20,22,29)(H2,24,31,34)(H3,23,25,30,33);(H,6,7)/t4-;/m0./s1. The van der Waals surface area contributed by atoms with Crippen molar-refractivity contribution in [2.75, 3.05) is 36.0 Å². The molecule has 41 heavy (non-hydrogen) atoms. The van der Waals surface area contributed by atoms with Crippen LogP contribution in [-0.4, -0.2) is 85.0 Å². The number of aromatic nitrogens is 4. The first-order valence-corrected chi connectivity index (χ1v) is 11.4. The molecule has 1 saturated heterocycles. The van der Waals surface area contributed by atoms with Gasteiger partial charge in [0.05, 0.1) is 6.04 Å². The number of nitrogens with one attached hydrogen (secondary N) is 1. The molecule has 1 atom stereocenters. The number of hydrogen-bond donors (Lipinski definition) is 8. The summed E-state index contributed by atoms with van der Waals surface area (Å²) in [5, 5.41) is 9.10. The van der Waals surface area contributed by atoms with Crippen LogP contribution in [0, 0.1) is 0 Å². The maximum absolute atomic E-state index is 12.4. The van der Waals surface area contributed by atoms with E-state index in [1.807, 2.05) is 0 Å². The molecule has 0 aliphatic carbocycles. The number of halogens is 5. The van der Waals surface area contributed by atoms with Crippen LogP contribution >= 0.6 is 23.2 Å². The van der Waals surface area contributed by atoms with E-state index >= 15 is 0 Å². The zero-order chi connectivity index (χ0) is 31.2. The second-order valence-electron chi connectivity index (χ2n) is 7.70. The molecule has 0 bridgehead atoms. The number of carbonyl (C=O) groups is 3. The number of anilines is 4. The summed E-state index contributed by atoms with van der Waals surface area (Å²) < 4.78 is 31.7. The average Bonchev–Trinajstić information content (AvgIpc) is 3.31. The maximum atomic E-state index is 12.4. The van der Waals surface area contributed by atoms with Crippen molar-refractivity contribution in [2.45, 2.75) is 18.6 Å². The van der Waals surface area contributed by atoms with Gasteiger partial charge in [-0.15, -0.1) is 0 Å². The van der Waals surface area contributed by atoms with Gasteiger partial charge in [0.2, 0.25) is 0 Å². The minimum absolute atomic E-state index is 0.0981. The molecule has 18 nitrogen and oxygen atoms in total. The largest absolute Gasteiger partial charge is 0.490 e. The van der Waals surface area contributed by atoms with Gasteiger partial charge in [-0.2, -0.15) is 18.2 Å². The van der Waals surface area contributed by atoms with Crippen LogP contribution in [0.25, 0.3) is 0 Å². The van der Waals surface area contributed by atoms with Gasteiger partial charge in [0.25, 0.3) is 5.91 Å². The predicted molar refractivity (Wildman–Crippen MR) is 140 cm³/mol. The van der Waals surface area contributed by atoms with Crippen LogP contribution in [0.15, 0.2) is 9.98 Å². The van der Waals surface area contributed by atoms with Crippen molar-refractivity contribution in [2.24, 2.45) is 21.5 Å². The summed E-state index contributed by atoms with van der Waals surface area (Å²) in [7, 11) is 0. The van der Waals surface area contributed by atoms with Crippen LogP contribution in [0.5, 0.6) is 0 Å². The topological polar surface area (TPSA) is 319 Å². The van der Waals surface area contributed by atoms with Gasteiger partial charge in [0.15, 0.2) is 56.9 Å². The third-order valence-corrected chi connectivity index (χ3v) is 5.29. The summed E-state index contributed by atoms with van der Waals surface area (Å²) in [5.41, 5.74) is 33.5. The molecule has 2 aromatic rings. The zero-order valence-corrected chi connectivity index (χ0v) is 21.9. The van der Waals surface area contributed by atoms with Crippen LogP contribution in [0.3, 0.4) is 0 Å². The number of carboxylic acid groups (broad SMARTS) is 1. The van der Waals surface area contributed by atoms with E-state index < -0.39 is 24.0 Å². The molecule has 3 rings (SSSR count). The molecular formula is C18H21Cl2F3N14O4.